The van der Waals surface area contributed by atoms with Crippen LogP contribution in [-0.4, -0.2) is 10.9 Å². The molecule has 0 aliphatic rings. The summed E-state index contributed by atoms with van der Waals surface area (Å²) >= 11 is 7.91. The molecule has 0 aromatic carbocycles. The number of hydrogen-bond donors (Lipinski definition) is 2. The first kappa shape index (κ1) is 11.8. The third-order valence-electron chi connectivity index (χ3n) is 1.65. The molecule has 3 nitrogen and oxygen atoms in total. The summed E-state index contributed by atoms with van der Waals surface area (Å²) in [5, 5.41) is 3.38. The molecule has 0 spiro atoms. The molecule has 1 amide bonds. The fourth-order valence-corrected chi connectivity index (χ4v) is 1.38. The molecule has 0 saturated heterocycles. The summed E-state index contributed by atoms with van der Waals surface area (Å²) in [4.78, 5) is 14.5. The quantitative estimate of drug-likeness (QED) is 0.765. The SMILES string of the molecule is CC(C)(C)C(=O)Nc1cc(Cl)c(I)[nH]1. The van der Waals surface area contributed by atoms with E-state index in [2.05, 4.69) is 32.9 Å². The third-order valence-corrected chi connectivity index (χ3v) is 3.12. The van der Waals surface area contributed by atoms with Crippen molar-refractivity contribution in [2.75, 3.05) is 5.32 Å². The van der Waals surface area contributed by atoms with Crippen molar-refractivity contribution >= 4 is 45.9 Å². The number of H-pyrrole nitrogens is 1. The van der Waals surface area contributed by atoms with Gasteiger partial charge in [0.2, 0.25) is 5.91 Å². The minimum Gasteiger partial charge on any atom is -0.335 e. The van der Waals surface area contributed by atoms with Crippen molar-refractivity contribution in [1.82, 2.24) is 4.98 Å². The number of aromatic nitrogens is 1. The number of hydrogen-bond acceptors (Lipinski definition) is 1. The van der Waals surface area contributed by atoms with Crippen LogP contribution in [0.2, 0.25) is 5.02 Å². The lowest BCUT2D eigenvalue weighted by Gasteiger charge is -2.16. The molecular formula is C9H12ClIN2O. The summed E-state index contributed by atoms with van der Waals surface area (Å²) in [5.41, 5.74) is -0.400. The van der Waals surface area contributed by atoms with Crippen molar-refractivity contribution in [3.05, 3.63) is 14.8 Å². The summed E-state index contributed by atoms with van der Waals surface area (Å²) in [5.74, 6) is 0.603. The first-order chi connectivity index (χ1) is 6.30. The van der Waals surface area contributed by atoms with Crippen molar-refractivity contribution < 1.29 is 4.79 Å². The largest absolute Gasteiger partial charge is 0.335 e. The van der Waals surface area contributed by atoms with Gasteiger partial charge in [-0.2, -0.15) is 0 Å². The van der Waals surface area contributed by atoms with Crippen LogP contribution in [0.1, 0.15) is 20.8 Å². The molecule has 0 saturated carbocycles. The van der Waals surface area contributed by atoms with Gasteiger partial charge in [-0.1, -0.05) is 32.4 Å². The Hall–Kier alpha value is -0.230. The highest BCUT2D eigenvalue weighted by atomic mass is 127. The second-order valence-electron chi connectivity index (χ2n) is 4.05. The molecule has 5 heteroatoms. The standard InChI is InChI=1S/C9H12ClIN2O/c1-9(2,3)8(14)13-6-4-5(10)7(11)12-6/h4,12H,1-3H3,(H,13,14). The molecule has 0 aliphatic carbocycles. The van der Waals surface area contributed by atoms with E-state index in [-0.39, 0.29) is 5.91 Å². The van der Waals surface area contributed by atoms with Crippen LogP contribution in [-0.2, 0) is 4.79 Å². The van der Waals surface area contributed by atoms with Crippen molar-refractivity contribution in [1.29, 1.82) is 0 Å². The third kappa shape index (κ3) is 2.88. The second-order valence-corrected chi connectivity index (χ2v) is 5.54. The maximum absolute atomic E-state index is 11.6. The Kier molecular flexibility index (Phi) is 3.47. The zero-order valence-corrected chi connectivity index (χ0v) is 11.2. The van der Waals surface area contributed by atoms with E-state index in [1.165, 1.54) is 0 Å². The molecular weight excluding hydrogens is 314 g/mol. The van der Waals surface area contributed by atoms with Crippen molar-refractivity contribution in [2.24, 2.45) is 5.41 Å². The number of anilines is 1. The summed E-state index contributed by atoms with van der Waals surface area (Å²) in [6.07, 6.45) is 0. The predicted octanol–water partition coefficient (Wildman–Crippen LogP) is 3.26. The average molecular weight is 327 g/mol. The Morgan fingerprint density at radius 2 is 2.14 bits per heavy atom. The fourth-order valence-electron chi connectivity index (χ4n) is 0.781. The lowest BCUT2D eigenvalue weighted by atomic mass is 9.96. The molecule has 0 unspecified atom stereocenters. The van der Waals surface area contributed by atoms with E-state index in [9.17, 15) is 4.79 Å². The molecule has 0 radical (unpaired) electrons. The highest BCUT2D eigenvalue weighted by Gasteiger charge is 2.21. The van der Waals surface area contributed by atoms with E-state index in [0.717, 1.165) is 3.70 Å². The van der Waals surface area contributed by atoms with Crippen LogP contribution in [0.15, 0.2) is 6.07 Å². The predicted molar refractivity (Wildman–Crippen MR) is 66.6 cm³/mol. The van der Waals surface area contributed by atoms with E-state index in [4.69, 9.17) is 11.6 Å². The van der Waals surface area contributed by atoms with Gasteiger partial charge in [0.1, 0.15) is 5.82 Å². The number of halogens is 2. The first-order valence-electron chi connectivity index (χ1n) is 4.16. The van der Waals surface area contributed by atoms with Crippen LogP contribution in [0.25, 0.3) is 0 Å². The number of amides is 1. The zero-order chi connectivity index (χ0) is 10.9. The van der Waals surface area contributed by atoms with Gasteiger partial charge in [-0.3, -0.25) is 4.79 Å². The van der Waals surface area contributed by atoms with Gasteiger partial charge in [-0.25, -0.2) is 0 Å². The highest BCUT2D eigenvalue weighted by molar-refractivity contribution is 14.1. The number of aromatic amines is 1. The molecule has 2 N–H and O–H groups in total. The van der Waals surface area contributed by atoms with Gasteiger partial charge in [0.05, 0.1) is 8.72 Å². The van der Waals surface area contributed by atoms with Crippen molar-refractivity contribution in [2.45, 2.75) is 20.8 Å². The Morgan fingerprint density at radius 3 is 2.50 bits per heavy atom. The molecule has 0 aliphatic heterocycles. The fraction of sp³-hybridized carbons (Fsp3) is 0.444. The smallest absolute Gasteiger partial charge is 0.230 e. The molecule has 1 aromatic rings. The normalized spacial score (nSPS) is 11.5. The Labute approximate surface area is 102 Å². The lowest BCUT2D eigenvalue weighted by molar-refractivity contribution is -0.123. The molecule has 0 bridgehead atoms. The van der Waals surface area contributed by atoms with Crippen LogP contribution >= 0.6 is 34.2 Å². The van der Waals surface area contributed by atoms with E-state index in [1.807, 2.05) is 20.8 Å². The lowest BCUT2D eigenvalue weighted by Crippen LogP contribution is -2.27. The van der Waals surface area contributed by atoms with Crippen LogP contribution in [0.4, 0.5) is 5.82 Å². The van der Waals surface area contributed by atoms with Crippen LogP contribution in [0.5, 0.6) is 0 Å². The zero-order valence-electron chi connectivity index (χ0n) is 8.24. The number of carbonyl (C=O) groups is 1. The molecule has 0 fully saturated rings. The molecule has 14 heavy (non-hydrogen) atoms. The van der Waals surface area contributed by atoms with Crippen molar-refractivity contribution in [3.8, 4) is 0 Å². The Morgan fingerprint density at radius 1 is 1.57 bits per heavy atom. The Bertz CT molecular complexity index is 335. The average Bonchev–Trinajstić information content (AvgIpc) is 2.29. The van der Waals surface area contributed by atoms with E-state index in [1.54, 1.807) is 6.07 Å². The second kappa shape index (κ2) is 4.10. The van der Waals surface area contributed by atoms with Gasteiger partial charge in [-0.15, -0.1) is 0 Å². The molecule has 0 atom stereocenters. The highest BCUT2D eigenvalue weighted by Crippen LogP contribution is 2.23. The van der Waals surface area contributed by atoms with Gasteiger partial charge in [-0.05, 0) is 22.6 Å². The minimum absolute atomic E-state index is 0.0354. The maximum atomic E-state index is 11.6. The number of rotatable bonds is 1. The monoisotopic (exact) mass is 326 g/mol. The van der Waals surface area contributed by atoms with Crippen LogP contribution in [0, 0.1) is 9.12 Å². The van der Waals surface area contributed by atoms with Gasteiger partial charge in [0.25, 0.3) is 0 Å². The Balaban J connectivity index is 2.75. The summed E-state index contributed by atoms with van der Waals surface area (Å²) in [6, 6.07) is 1.70. The molecule has 1 aromatic heterocycles. The van der Waals surface area contributed by atoms with Crippen molar-refractivity contribution in [3.63, 3.8) is 0 Å². The topological polar surface area (TPSA) is 44.9 Å². The van der Waals surface area contributed by atoms with Gasteiger partial charge >= 0.3 is 0 Å². The molecule has 1 rings (SSSR count). The van der Waals surface area contributed by atoms with Gasteiger partial charge in [0, 0.05) is 11.5 Å². The minimum atomic E-state index is -0.400. The summed E-state index contributed by atoms with van der Waals surface area (Å²) in [6.45, 7) is 5.58. The molecule has 1 heterocycles. The van der Waals surface area contributed by atoms with Gasteiger partial charge in [0.15, 0.2) is 0 Å². The summed E-state index contributed by atoms with van der Waals surface area (Å²) in [7, 11) is 0. The number of carbonyl (C=O) groups excluding carboxylic acids is 1. The summed E-state index contributed by atoms with van der Waals surface area (Å²) < 4.78 is 0.827. The first-order valence-corrected chi connectivity index (χ1v) is 5.62. The van der Waals surface area contributed by atoms with Crippen LogP contribution in [0.3, 0.4) is 0 Å². The van der Waals surface area contributed by atoms with E-state index < -0.39 is 5.41 Å². The van der Waals surface area contributed by atoms with E-state index >= 15 is 0 Å². The number of nitrogens with one attached hydrogen (secondary N) is 2. The van der Waals surface area contributed by atoms with E-state index in [0.29, 0.717) is 10.8 Å². The molecule has 78 valence electrons. The van der Waals surface area contributed by atoms with Crippen LogP contribution < -0.4 is 5.32 Å². The maximum Gasteiger partial charge on any atom is 0.230 e. The van der Waals surface area contributed by atoms with Gasteiger partial charge < -0.3 is 10.3 Å².